The van der Waals surface area contributed by atoms with Crippen molar-refractivity contribution >= 4 is 6.08 Å². The minimum Gasteiger partial charge on any atom is -0.508 e. The fraction of sp³-hybridized carbons (Fsp3) is 0. The summed E-state index contributed by atoms with van der Waals surface area (Å²) in [4.78, 5) is 0. The number of hydrogen-bond acceptors (Lipinski definition) is 1. The van der Waals surface area contributed by atoms with Crippen molar-refractivity contribution < 1.29 is 5.11 Å². The van der Waals surface area contributed by atoms with Gasteiger partial charge in [-0.1, -0.05) is 36.4 Å². The maximum absolute atomic E-state index is 9.07. The summed E-state index contributed by atoms with van der Waals surface area (Å²) in [5.74, 6) is 0.305. The summed E-state index contributed by atoms with van der Waals surface area (Å²) >= 11 is 0. The van der Waals surface area contributed by atoms with Crippen LogP contribution in [-0.4, -0.2) is 5.11 Å². The first-order valence-electron chi connectivity index (χ1n) is 4.20. The van der Waals surface area contributed by atoms with Gasteiger partial charge in [0.15, 0.2) is 0 Å². The van der Waals surface area contributed by atoms with Crippen LogP contribution in [0.3, 0.4) is 0 Å². The van der Waals surface area contributed by atoms with Crippen LogP contribution in [-0.2, 0) is 0 Å². The standard InChI is InChI=1S/C12H10O/c13-12-7-5-11(6-8-12)9-10-3-1-2-4-10/h1-9,13H. The number of allylic oxidation sites excluding steroid dienone is 5. The van der Waals surface area contributed by atoms with E-state index in [1.54, 1.807) is 12.1 Å². The molecule has 0 radical (unpaired) electrons. The number of rotatable bonds is 1. The minimum atomic E-state index is 0.305. The van der Waals surface area contributed by atoms with E-state index >= 15 is 0 Å². The Morgan fingerprint density at radius 2 is 1.54 bits per heavy atom. The van der Waals surface area contributed by atoms with Gasteiger partial charge in [0.1, 0.15) is 5.75 Å². The summed E-state index contributed by atoms with van der Waals surface area (Å²) in [5, 5.41) is 9.07. The van der Waals surface area contributed by atoms with Gasteiger partial charge in [0, 0.05) is 0 Å². The Kier molecular flexibility index (Phi) is 2.01. The predicted octanol–water partition coefficient (Wildman–Crippen LogP) is 2.90. The maximum atomic E-state index is 9.07. The second-order valence-corrected chi connectivity index (χ2v) is 2.95. The Morgan fingerprint density at radius 3 is 2.15 bits per heavy atom. The number of phenols is 1. The molecule has 1 heteroatoms. The number of hydrogen-bond donors (Lipinski definition) is 1. The van der Waals surface area contributed by atoms with Crippen LogP contribution in [0.5, 0.6) is 5.75 Å². The molecule has 1 aliphatic rings. The minimum absolute atomic E-state index is 0.305. The Hall–Kier alpha value is -1.76. The van der Waals surface area contributed by atoms with E-state index in [0.29, 0.717) is 5.75 Å². The molecule has 2 rings (SSSR count). The van der Waals surface area contributed by atoms with Gasteiger partial charge in [-0.25, -0.2) is 0 Å². The number of aromatic hydroxyl groups is 1. The molecule has 0 bridgehead atoms. The zero-order valence-corrected chi connectivity index (χ0v) is 7.14. The van der Waals surface area contributed by atoms with Crippen molar-refractivity contribution in [1.82, 2.24) is 0 Å². The van der Waals surface area contributed by atoms with Gasteiger partial charge in [0.2, 0.25) is 0 Å². The van der Waals surface area contributed by atoms with Crippen LogP contribution >= 0.6 is 0 Å². The third-order valence-electron chi connectivity index (χ3n) is 1.91. The quantitative estimate of drug-likeness (QED) is 0.687. The number of benzene rings is 1. The van der Waals surface area contributed by atoms with Gasteiger partial charge in [0.25, 0.3) is 0 Å². The average Bonchev–Trinajstić information content (AvgIpc) is 2.62. The maximum Gasteiger partial charge on any atom is 0.115 e. The van der Waals surface area contributed by atoms with Gasteiger partial charge in [-0.2, -0.15) is 0 Å². The third-order valence-corrected chi connectivity index (χ3v) is 1.91. The Balaban J connectivity index is 2.27. The summed E-state index contributed by atoms with van der Waals surface area (Å²) in [5.41, 5.74) is 2.29. The second-order valence-electron chi connectivity index (χ2n) is 2.95. The fourth-order valence-corrected chi connectivity index (χ4v) is 1.25. The molecule has 0 saturated heterocycles. The van der Waals surface area contributed by atoms with Gasteiger partial charge < -0.3 is 5.11 Å². The molecule has 0 aliphatic heterocycles. The lowest BCUT2D eigenvalue weighted by atomic mass is 10.1. The molecule has 1 nitrogen and oxygen atoms in total. The first-order chi connectivity index (χ1) is 6.34. The first-order valence-corrected chi connectivity index (χ1v) is 4.20. The highest BCUT2D eigenvalue weighted by Crippen LogP contribution is 2.15. The summed E-state index contributed by atoms with van der Waals surface area (Å²) in [7, 11) is 0. The van der Waals surface area contributed by atoms with Crippen LogP contribution in [0.4, 0.5) is 0 Å². The predicted molar refractivity (Wildman–Crippen MR) is 54.4 cm³/mol. The summed E-state index contributed by atoms with van der Waals surface area (Å²) in [6.07, 6.45) is 10.2. The fourth-order valence-electron chi connectivity index (χ4n) is 1.25. The van der Waals surface area contributed by atoms with Crippen LogP contribution in [0.15, 0.2) is 54.1 Å². The van der Waals surface area contributed by atoms with E-state index in [2.05, 4.69) is 6.08 Å². The topological polar surface area (TPSA) is 20.2 Å². The van der Waals surface area contributed by atoms with Gasteiger partial charge in [-0.3, -0.25) is 0 Å². The van der Waals surface area contributed by atoms with E-state index in [0.717, 1.165) is 5.56 Å². The molecule has 0 atom stereocenters. The molecule has 1 aromatic rings. The summed E-state index contributed by atoms with van der Waals surface area (Å²) in [6.45, 7) is 0. The molecule has 64 valence electrons. The molecule has 1 aliphatic carbocycles. The summed E-state index contributed by atoms with van der Waals surface area (Å²) < 4.78 is 0. The monoisotopic (exact) mass is 170 g/mol. The molecule has 0 fully saturated rings. The molecule has 1 aromatic carbocycles. The lowest BCUT2D eigenvalue weighted by Crippen LogP contribution is -1.72. The van der Waals surface area contributed by atoms with Crippen LogP contribution in [0.1, 0.15) is 5.56 Å². The molecule has 13 heavy (non-hydrogen) atoms. The van der Waals surface area contributed by atoms with Gasteiger partial charge >= 0.3 is 0 Å². The van der Waals surface area contributed by atoms with Crippen LogP contribution in [0, 0.1) is 0 Å². The molecule has 0 heterocycles. The van der Waals surface area contributed by atoms with E-state index in [9.17, 15) is 0 Å². The van der Waals surface area contributed by atoms with E-state index in [-0.39, 0.29) is 0 Å². The molecule has 0 unspecified atom stereocenters. The largest absolute Gasteiger partial charge is 0.508 e. The smallest absolute Gasteiger partial charge is 0.115 e. The lowest BCUT2D eigenvalue weighted by molar-refractivity contribution is 0.475. The van der Waals surface area contributed by atoms with Gasteiger partial charge in [0.05, 0.1) is 0 Å². The second kappa shape index (κ2) is 3.31. The van der Waals surface area contributed by atoms with Crippen LogP contribution in [0.2, 0.25) is 0 Å². The molecule has 0 aromatic heterocycles. The Bertz CT molecular complexity index is 366. The molecular weight excluding hydrogens is 160 g/mol. The van der Waals surface area contributed by atoms with Gasteiger partial charge in [-0.15, -0.1) is 0 Å². The van der Waals surface area contributed by atoms with E-state index in [1.807, 2.05) is 36.4 Å². The van der Waals surface area contributed by atoms with Crippen molar-refractivity contribution in [2.75, 3.05) is 0 Å². The van der Waals surface area contributed by atoms with Crippen molar-refractivity contribution in [3.63, 3.8) is 0 Å². The van der Waals surface area contributed by atoms with Crippen molar-refractivity contribution in [2.45, 2.75) is 0 Å². The average molecular weight is 170 g/mol. The number of phenolic OH excluding ortho intramolecular Hbond substituents is 1. The highest BCUT2D eigenvalue weighted by molar-refractivity contribution is 5.62. The molecule has 1 N–H and O–H groups in total. The normalized spacial score (nSPS) is 13.7. The van der Waals surface area contributed by atoms with E-state index in [1.165, 1.54) is 5.57 Å². The van der Waals surface area contributed by atoms with Crippen molar-refractivity contribution in [3.05, 3.63) is 59.7 Å². The first kappa shape index (κ1) is 7.87. The highest BCUT2D eigenvalue weighted by atomic mass is 16.3. The Labute approximate surface area is 77.3 Å². The van der Waals surface area contributed by atoms with E-state index < -0.39 is 0 Å². The zero-order valence-electron chi connectivity index (χ0n) is 7.14. The Morgan fingerprint density at radius 1 is 0.923 bits per heavy atom. The molecule has 0 amide bonds. The third kappa shape index (κ3) is 1.88. The SMILES string of the molecule is Oc1ccc(C=C2C=CC=C2)cc1. The molecule has 0 spiro atoms. The highest BCUT2D eigenvalue weighted by Gasteiger charge is 1.93. The van der Waals surface area contributed by atoms with Crippen molar-refractivity contribution in [3.8, 4) is 5.75 Å². The van der Waals surface area contributed by atoms with Crippen LogP contribution in [0.25, 0.3) is 6.08 Å². The molecule has 0 saturated carbocycles. The van der Waals surface area contributed by atoms with Crippen LogP contribution < -0.4 is 0 Å². The van der Waals surface area contributed by atoms with Gasteiger partial charge in [-0.05, 0) is 29.3 Å². The zero-order chi connectivity index (χ0) is 9.10. The molecular formula is C12H10O. The van der Waals surface area contributed by atoms with Crippen molar-refractivity contribution in [2.24, 2.45) is 0 Å². The lowest BCUT2D eigenvalue weighted by Gasteiger charge is -1.95. The van der Waals surface area contributed by atoms with E-state index in [4.69, 9.17) is 5.11 Å². The van der Waals surface area contributed by atoms with Crippen molar-refractivity contribution in [1.29, 1.82) is 0 Å². The summed E-state index contributed by atoms with van der Waals surface area (Å²) in [6, 6.07) is 7.16.